The lowest BCUT2D eigenvalue weighted by Crippen LogP contribution is -2.39. The third kappa shape index (κ3) is 7.44. The summed E-state index contributed by atoms with van der Waals surface area (Å²) < 4.78 is 15.9. The van der Waals surface area contributed by atoms with Crippen LogP contribution in [0.3, 0.4) is 0 Å². The van der Waals surface area contributed by atoms with Crippen molar-refractivity contribution in [1.29, 1.82) is 0 Å². The number of methoxy groups -OCH3 is 1. The van der Waals surface area contributed by atoms with Gasteiger partial charge in [0, 0.05) is 25.6 Å². The molecule has 27 heavy (non-hydrogen) atoms. The summed E-state index contributed by atoms with van der Waals surface area (Å²) in [5.74, 6) is 0.824. The third-order valence-electron chi connectivity index (χ3n) is 4.11. The van der Waals surface area contributed by atoms with Crippen LogP contribution >= 0.6 is 0 Å². The fraction of sp³-hybridized carbons (Fsp3) is 0.579. The van der Waals surface area contributed by atoms with Crippen molar-refractivity contribution in [1.82, 2.24) is 10.2 Å². The van der Waals surface area contributed by atoms with E-state index in [2.05, 4.69) is 5.32 Å². The van der Waals surface area contributed by atoms with Gasteiger partial charge in [0.1, 0.15) is 0 Å². The number of aliphatic hydroxyl groups is 1. The van der Waals surface area contributed by atoms with Gasteiger partial charge in [0.2, 0.25) is 5.91 Å². The Kier molecular flexibility index (Phi) is 8.86. The molecule has 1 aromatic rings. The number of aliphatic hydroxyl groups excluding tert-OH is 1. The Labute approximate surface area is 159 Å². The van der Waals surface area contributed by atoms with Crippen LogP contribution in [-0.4, -0.2) is 74.5 Å². The first-order chi connectivity index (χ1) is 13.2. The lowest BCUT2D eigenvalue weighted by Gasteiger charge is -2.22. The maximum absolute atomic E-state index is 12.5. The number of amides is 2. The molecule has 1 aliphatic carbocycles. The van der Waals surface area contributed by atoms with E-state index >= 15 is 0 Å². The molecule has 1 saturated carbocycles. The van der Waals surface area contributed by atoms with E-state index in [1.54, 1.807) is 24.1 Å². The minimum Gasteiger partial charge on any atom is -0.493 e. The molecule has 150 valence electrons. The predicted octanol–water partition coefficient (Wildman–Crippen LogP) is 0.580. The average Bonchev–Trinajstić information content (AvgIpc) is 3.51. The molecule has 0 atom stereocenters. The highest BCUT2D eigenvalue weighted by atomic mass is 16.5. The van der Waals surface area contributed by atoms with Gasteiger partial charge in [0.05, 0.1) is 26.9 Å². The Balaban J connectivity index is 1.74. The van der Waals surface area contributed by atoms with E-state index in [0.29, 0.717) is 31.2 Å². The van der Waals surface area contributed by atoms with Crippen LogP contribution in [-0.2, 0) is 14.3 Å². The summed E-state index contributed by atoms with van der Waals surface area (Å²) in [5, 5.41) is 11.3. The van der Waals surface area contributed by atoms with Gasteiger partial charge in [-0.05, 0) is 25.0 Å². The molecule has 2 rings (SSSR count). The number of para-hydroxylation sites is 2. The molecular weight excluding hydrogens is 352 g/mol. The van der Waals surface area contributed by atoms with E-state index in [1.165, 1.54) is 0 Å². The fourth-order valence-corrected chi connectivity index (χ4v) is 2.60. The highest BCUT2D eigenvalue weighted by molar-refractivity contribution is 5.80. The third-order valence-corrected chi connectivity index (χ3v) is 4.11. The number of rotatable bonds is 13. The van der Waals surface area contributed by atoms with Gasteiger partial charge in [-0.2, -0.15) is 0 Å². The first-order valence-corrected chi connectivity index (χ1v) is 9.16. The number of ether oxygens (including phenoxy) is 3. The molecule has 0 radical (unpaired) electrons. The topological polar surface area (TPSA) is 97.3 Å². The van der Waals surface area contributed by atoms with Gasteiger partial charge in [-0.1, -0.05) is 12.1 Å². The van der Waals surface area contributed by atoms with E-state index in [4.69, 9.17) is 19.3 Å². The Morgan fingerprint density at radius 3 is 2.63 bits per heavy atom. The minimum absolute atomic E-state index is 0.0384. The summed E-state index contributed by atoms with van der Waals surface area (Å²) in [6.45, 7) is 1.22. The zero-order valence-electron chi connectivity index (χ0n) is 15.7. The summed E-state index contributed by atoms with van der Waals surface area (Å²) in [6, 6.07) is 7.36. The second kappa shape index (κ2) is 11.4. The molecule has 0 saturated heterocycles. The number of carbonyl (C=O) groups is 2. The van der Waals surface area contributed by atoms with Gasteiger partial charge in [0.15, 0.2) is 18.1 Å². The highest BCUT2D eigenvalue weighted by Crippen LogP contribution is 2.28. The number of hydrogen-bond donors (Lipinski definition) is 2. The van der Waals surface area contributed by atoms with Crippen LogP contribution < -0.4 is 14.8 Å². The molecule has 1 aliphatic rings. The Hall–Kier alpha value is -2.32. The van der Waals surface area contributed by atoms with Gasteiger partial charge in [-0.15, -0.1) is 0 Å². The normalized spacial score (nSPS) is 13.1. The van der Waals surface area contributed by atoms with E-state index < -0.39 is 0 Å². The molecule has 1 aromatic carbocycles. The van der Waals surface area contributed by atoms with Gasteiger partial charge < -0.3 is 29.5 Å². The minimum atomic E-state index is -0.137. The molecule has 0 unspecified atom stereocenters. The van der Waals surface area contributed by atoms with Crippen molar-refractivity contribution in [2.75, 3.05) is 46.6 Å². The highest BCUT2D eigenvalue weighted by Gasteiger charge is 2.32. The lowest BCUT2D eigenvalue weighted by atomic mass is 10.3. The largest absolute Gasteiger partial charge is 0.493 e. The van der Waals surface area contributed by atoms with E-state index in [0.717, 1.165) is 12.8 Å². The molecule has 0 aromatic heterocycles. The number of carbonyl (C=O) groups excluding carboxylic acids is 2. The summed E-state index contributed by atoms with van der Waals surface area (Å²) in [7, 11) is 1.55. The van der Waals surface area contributed by atoms with Gasteiger partial charge in [0.25, 0.3) is 5.91 Å². The smallest absolute Gasteiger partial charge is 0.260 e. The van der Waals surface area contributed by atoms with Crippen LogP contribution in [0.1, 0.15) is 19.3 Å². The van der Waals surface area contributed by atoms with E-state index in [-0.39, 0.29) is 44.1 Å². The molecule has 8 heteroatoms. The van der Waals surface area contributed by atoms with Crippen molar-refractivity contribution >= 4 is 11.8 Å². The summed E-state index contributed by atoms with van der Waals surface area (Å²) >= 11 is 0. The van der Waals surface area contributed by atoms with Gasteiger partial charge >= 0.3 is 0 Å². The molecule has 0 aliphatic heterocycles. The number of nitrogens with one attached hydrogen (secondary N) is 1. The molecule has 0 spiro atoms. The molecular formula is C19H28N2O6. The van der Waals surface area contributed by atoms with Crippen molar-refractivity contribution in [2.24, 2.45) is 0 Å². The standard InChI is InChI=1S/C19H28N2O6/c1-25-16-4-2-3-5-17(16)27-14-19(24)21(15-6-7-15)10-8-18(23)20-9-12-26-13-11-22/h2-5,15,22H,6-14H2,1H3,(H,20,23). The molecule has 0 heterocycles. The number of hydrogen-bond acceptors (Lipinski definition) is 6. The molecule has 0 bridgehead atoms. The Morgan fingerprint density at radius 2 is 1.96 bits per heavy atom. The van der Waals surface area contributed by atoms with Crippen LogP contribution in [0, 0.1) is 0 Å². The van der Waals surface area contributed by atoms with E-state index in [1.807, 2.05) is 12.1 Å². The van der Waals surface area contributed by atoms with Crippen molar-refractivity contribution in [3.63, 3.8) is 0 Å². The Morgan fingerprint density at radius 1 is 1.22 bits per heavy atom. The quantitative estimate of drug-likeness (QED) is 0.486. The van der Waals surface area contributed by atoms with Gasteiger partial charge in [-0.25, -0.2) is 0 Å². The summed E-state index contributed by atoms with van der Waals surface area (Å²) in [6.07, 6.45) is 2.14. The van der Waals surface area contributed by atoms with Crippen LogP contribution in [0.5, 0.6) is 11.5 Å². The van der Waals surface area contributed by atoms with Crippen molar-refractivity contribution in [2.45, 2.75) is 25.3 Å². The first-order valence-electron chi connectivity index (χ1n) is 9.16. The molecule has 2 amide bonds. The van der Waals surface area contributed by atoms with Crippen molar-refractivity contribution < 1.29 is 28.9 Å². The molecule has 8 nitrogen and oxygen atoms in total. The van der Waals surface area contributed by atoms with Crippen molar-refractivity contribution in [3.8, 4) is 11.5 Å². The Bertz CT molecular complexity index is 606. The van der Waals surface area contributed by atoms with Crippen LogP contribution in [0.15, 0.2) is 24.3 Å². The predicted molar refractivity (Wildman–Crippen MR) is 98.8 cm³/mol. The summed E-state index contributed by atoms with van der Waals surface area (Å²) in [5.41, 5.74) is 0. The monoisotopic (exact) mass is 380 g/mol. The van der Waals surface area contributed by atoms with Crippen LogP contribution in [0.25, 0.3) is 0 Å². The van der Waals surface area contributed by atoms with Crippen LogP contribution in [0.2, 0.25) is 0 Å². The second-order valence-electron chi connectivity index (χ2n) is 6.19. The van der Waals surface area contributed by atoms with Crippen LogP contribution in [0.4, 0.5) is 0 Å². The maximum atomic E-state index is 12.5. The SMILES string of the molecule is COc1ccccc1OCC(=O)N(CCC(=O)NCCOCCO)C1CC1. The first kappa shape index (κ1) is 21.0. The zero-order chi connectivity index (χ0) is 19.5. The summed E-state index contributed by atoms with van der Waals surface area (Å²) in [4.78, 5) is 26.2. The number of benzene rings is 1. The molecule has 2 N–H and O–H groups in total. The second-order valence-corrected chi connectivity index (χ2v) is 6.19. The fourth-order valence-electron chi connectivity index (χ4n) is 2.60. The molecule has 1 fully saturated rings. The zero-order valence-corrected chi connectivity index (χ0v) is 15.7. The average molecular weight is 380 g/mol. The number of nitrogens with zero attached hydrogens (tertiary/aromatic N) is 1. The van der Waals surface area contributed by atoms with Gasteiger partial charge in [-0.3, -0.25) is 9.59 Å². The maximum Gasteiger partial charge on any atom is 0.260 e. The lowest BCUT2D eigenvalue weighted by molar-refractivity contribution is -0.134. The van der Waals surface area contributed by atoms with E-state index in [9.17, 15) is 9.59 Å². The van der Waals surface area contributed by atoms with Crippen molar-refractivity contribution in [3.05, 3.63) is 24.3 Å².